The summed E-state index contributed by atoms with van der Waals surface area (Å²) >= 11 is 16.6. The van der Waals surface area contributed by atoms with Crippen molar-refractivity contribution in [1.82, 2.24) is 10.2 Å². The van der Waals surface area contributed by atoms with E-state index in [1.807, 2.05) is 62.4 Å². The second-order valence-electron chi connectivity index (χ2n) is 10.9. The highest BCUT2D eigenvalue weighted by Gasteiger charge is 2.32. The topological polar surface area (TPSA) is 58.6 Å². The number of nitrogens with one attached hydrogen (secondary N) is 1. The fourth-order valence-electron chi connectivity index (χ4n) is 4.16. The molecule has 0 aliphatic rings. The maximum atomic E-state index is 13.9. The van der Waals surface area contributed by atoms with Gasteiger partial charge in [-0.15, -0.1) is 0 Å². The molecule has 3 aromatic carbocycles. The number of amides is 2. The predicted octanol–water partition coefficient (Wildman–Crippen LogP) is 7.99. The van der Waals surface area contributed by atoms with Crippen LogP contribution in [0, 0.1) is 0 Å². The predicted molar refractivity (Wildman–Crippen MR) is 167 cm³/mol. The Morgan fingerprint density at radius 3 is 2.23 bits per heavy atom. The SMILES string of the molecule is CC[C@@H](C)NC(=O)[C@@H](Cc1ccccc1)N(Cc1c(Cl)cccc1Cl)C(=O)COc1ccc(C(C)(C)C)cc1Br. The Morgan fingerprint density at radius 2 is 1.65 bits per heavy atom. The zero-order valence-corrected chi connectivity index (χ0v) is 26.7. The molecule has 1 N–H and O–H groups in total. The number of carbonyl (C=O) groups is 2. The van der Waals surface area contributed by atoms with Crippen molar-refractivity contribution in [3.63, 3.8) is 0 Å². The van der Waals surface area contributed by atoms with Crippen molar-refractivity contribution in [2.45, 2.75) is 71.5 Å². The van der Waals surface area contributed by atoms with Gasteiger partial charge >= 0.3 is 0 Å². The van der Waals surface area contributed by atoms with Gasteiger partial charge in [0.2, 0.25) is 5.91 Å². The van der Waals surface area contributed by atoms with Crippen molar-refractivity contribution in [2.24, 2.45) is 0 Å². The molecule has 0 spiro atoms. The minimum absolute atomic E-state index is 0.0322. The van der Waals surface area contributed by atoms with Crippen molar-refractivity contribution >= 4 is 50.9 Å². The van der Waals surface area contributed by atoms with E-state index in [2.05, 4.69) is 42.0 Å². The van der Waals surface area contributed by atoms with Gasteiger partial charge in [0.05, 0.1) is 4.47 Å². The standard InChI is InChI=1S/C32H37BrCl2N2O3/c1-6-21(2)36-31(39)28(17-22-11-8-7-9-12-22)37(19-24-26(34)13-10-14-27(24)35)30(38)20-40-29-16-15-23(18-25(29)33)32(3,4)5/h7-16,18,21,28H,6,17,19-20H2,1-5H3,(H,36,39)/t21-,28-/m1/s1. The number of benzene rings is 3. The van der Waals surface area contributed by atoms with Crippen LogP contribution in [0.15, 0.2) is 71.2 Å². The van der Waals surface area contributed by atoms with Gasteiger partial charge in [-0.2, -0.15) is 0 Å². The van der Waals surface area contributed by atoms with E-state index < -0.39 is 6.04 Å². The van der Waals surface area contributed by atoms with Crippen molar-refractivity contribution < 1.29 is 14.3 Å². The molecule has 0 aliphatic carbocycles. The highest BCUT2D eigenvalue weighted by molar-refractivity contribution is 9.10. The summed E-state index contributed by atoms with van der Waals surface area (Å²) in [5, 5.41) is 3.90. The summed E-state index contributed by atoms with van der Waals surface area (Å²) in [4.78, 5) is 29.1. The molecule has 0 saturated carbocycles. The average molecular weight is 648 g/mol. The highest BCUT2D eigenvalue weighted by Crippen LogP contribution is 2.32. The van der Waals surface area contributed by atoms with Gasteiger partial charge in [0, 0.05) is 34.6 Å². The molecule has 3 rings (SSSR count). The summed E-state index contributed by atoms with van der Waals surface area (Å²) < 4.78 is 6.75. The summed E-state index contributed by atoms with van der Waals surface area (Å²) in [6.45, 7) is 10.1. The molecule has 3 aromatic rings. The molecule has 40 heavy (non-hydrogen) atoms. The third-order valence-corrected chi connectivity index (χ3v) is 8.14. The van der Waals surface area contributed by atoms with E-state index in [0.29, 0.717) is 27.8 Å². The van der Waals surface area contributed by atoms with Gasteiger partial charge in [-0.3, -0.25) is 9.59 Å². The lowest BCUT2D eigenvalue weighted by Gasteiger charge is -2.32. The molecular weight excluding hydrogens is 611 g/mol. The third kappa shape index (κ3) is 8.73. The van der Waals surface area contributed by atoms with Gasteiger partial charge in [-0.05, 0) is 70.1 Å². The molecule has 0 bridgehead atoms. The smallest absolute Gasteiger partial charge is 0.261 e. The number of ether oxygens (including phenoxy) is 1. The first-order valence-corrected chi connectivity index (χ1v) is 14.9. The molecular formula is C32H37BrCl2N2O3. The summed E-state index contributed by atoms with van der Waals surface area (Å²) in [7, 11) is 0. The summed E-state index contributed by atoms with van der Waals surface area (Å²) in [5.74, 6) is -0.0609. The van der Waals surface area contributed by atoms with E-state index in [-0.39, 0.29) is 36.4 Å². The fraction of sp³-hybridized carbons (Fsp3) is 0.375. The fourth-order valence-corrected chi connectivity index (χ4v) is 5.17. The van der Waals surface area contributed by atoms with Crippen molar-refractivity contribution in [2.75, 3.05) is 6.61 Å². The van der Waals surface area contributed by atoms with Crippen LogP contribution < -0.4 is 10.1 Å². The maximum Gasteiger partial charge on any atom is 0.261 e. The largest absolute Gasteiger partial charge is 0.483 e. The van der Waals surface area contributed by atoms with Gasteiger partial charge < -0.3 is 15.0 Å². The molecule has 0 heterocycles. The molecule has 0 unspecified atom stereocenters. The van der Waals surface area contributed by atoms with Crippen LogP contribution in [-0.2, 0) is 28.0 Å². The third-order valence-electron chi connectivity index (χ3n) is 6.81. The van der Waals surface area contributed by atoms with Gasteiger partial charge in [0.1, 0.15) is 11.8 Å². The van der Waals surface area contributed by atoms with Crippen molar-refractivity contribution in [3.8, 4) is 5.75 Å². The minimum Gasteiger partial charge on any atom is -0.483 e. The number of hydrogen-bond acceptors (Lipinski definition) is 3. The summed E-state index contributed by atoms with van der Waals surface area (Å²) in [6, 6.07) is 19.8. The van der Waals surface area contributed by atoms with E-state index in [0.717, 1.165) is 22.0 Å². The summed E-state index contributed by atoms with van der Waals surface area (Å²) in [6.07, 6.45) is 1.08. The maximum absolute atomic E-state index is 13.9. The Balaban J connectivity index is 1.96. The van der Waals surface area contributed by atoms with E-state index >= 15 is 0 Å². The number of rotatable bonds is 11. The zero-order chi connectivity index (χ0) is 29.4. The lowest BCUT2D eigenvalue weighted by Crippen LogP contribution is -2.53. The van der Waals surface area contributed by atoms with Crippen LogP contribution in [0.25, 0.3) is 0 Å². The van der Waals surface area contributed by atoms with E-state index in [9.17, 15) is 9.59 Å². The van der Waals surface area contributed by atoms with Crippen LogP contribution in [-0.4, -0.2) is 35.4 Å². The first-order valence-electron chi connectivity index (χ1n) is 13.4. The molecule has 8 heteroatoms. The lowest BCUT2D eigenvalue weighted by atomic mass is 9.87. The van der Waals surface area contributed by atoms with E-state index in [1.165, 1.54) is 4.90 Å². The second kappa shape index (κ2) is 14.4. The molecule has 0 aromatic heterocycles. The Bertz CT molecular complexity index is 1290. The highest BCUT2D eigenvalue weighted by atomic mass is 79.9. The molecule has 214 valence electrons. The first-order chi connectivity index (χ1) is 18.9. The number of hydrogen-bond donors (Lipinski definition) is 1. The van der Waals surface area contributed by atoms with Crippen molar-refractivity contribution in [1.29, 1.82) is 0 Å². The van der Waals surface area contributed by atoms with Crippen LogP contribution in [0.5, 0.6) is 5.75 Å². The Kier molecular flexibility index (Phi) is 11.5. The molecule has 2 amide bonds. The van der Waals surface area contributed by atoms with Gasteiger partial charge in [-0.1, -0.05) is 93.4 Å². The quantitative estimate of drug-likeness (QED) is 0.230. The molecule has 0 fully saturated rings. The molecule has 5 nitrogen and oxygen atoms in total. The van der Waals surface area contributed by atoms with Crippen LogP contribution in [0.3, 0.4) is 0 Å². The molecule has 0 saturated heterocycles. The number of halogens is 3. The monoisotopic (exact) mass is 646 g/mol. The molecule has 2 atom stereocenters. The van der Waals surface area contributed by atoms with Crippen LogP contribution in [0.4, 0.5) is 0 Å². The first kappa shape index (κ1) is 32.0. The zero-order valence-electron chi connectivity index (χ0n) is 23.6. The average Bonchev–Trinajstić information content (AvgIpc) is 2.91. The molecule has 0 aliphatic heterocycles. The lowest BCUT2D eigenvalue weighted by molar-refractivity contribution is -0.143. The van der Waals surface area contributed by atoms with E-state index in [4.69, 9.17) is 27.9 Å². The Labute approximate surface area is 256 Å². The summed E-state index contributed by atoms with van der Waals surface area (Å²) in [5.41, 5.74) is 2.61. The van der Waals surface area contributed by atoms with Gasteiger partial charge in [0.25, 0.3) is 5.91 Å². The van der Waals surface area contributed by atoms with Gasteiger partial charge in [-0.25, -0.2) is 0 Å². The van der Waals surface area contributed by atoms with E-state index in [1.54, 1.807) is 18.2 Å². The van der Waals surface area contributed by atoms with Crippen molar-refractivity contribution in [3.05, 3.63) is 97.9 Å². The Hall–Kier alpha value is -2.54. The van der Waals surface area contributed by atoms with Crippen LogP contribution >= 0.6 is 39.1 Å². The number of carbonyl (C=O) groups excluding carboxylic acids is 2. The Morgan fingerprint density at radius 1 is 1.00 bits per heavy atom. The van der Waals surface area contributed by atoms with Crippen LogP contribution in [0.1, 0.15) is 57.7 Å². The van der Waals surface area contributed by atoms with Gasteiger partial charge in [0.15, 0.2) is 6.61 Å². The number of nitrogens with zero attached hydrogens (tertiary/aromatic N) is 1. The second-order valence-corrected chi connectivity index (χ2v) is 12.6. The minimum atomic E-state index is -0.813. The molecule has 0 radical (unpaired) electrons. The van der Waals surface area contributed by atoms with Crippen LogP contribution in [0.2, 0.25) is 10.0 Å². The normalized spacial score (nSPS) is 12.9.